The molecule has 0 aliphatic heterocycles. The van der Waals surface area contributed by atoms with Crippen LogP contribution in [0.25, 0.3) is 0 Å². The van der Waals surface area contributed by atoms with Gasteiger partial charge in [-0.25, -0.2) is 0 Å². The number of ether oxygens (including phenoxy) is 1. The van der Waals surface area contributed by atoms with Crippen LogP contribution in [-0.2, 0) is 17.9 Å². The van der Waals surface area contributed by atoms with Crippen LogP contribution in [-0.4, -0.2) is 27.4 Å². The van der Waals surface area contributed by atoms with E-state index >= 15 is 0 Å². The number of amides is 1. The standard InChI is InChI=1S/C14H18N4O3/c1-2-21-12-4-3-11(7-10(12)9-19)16-14(20)8-18-6-5-13(15)17-18/h3-7,19H,2,8-9H2,1H3,(H2,15,17)(H,16,20). The van der Waals surface area contributed by atoms with Crippen LogP contribution in [0.2, 0.25) is 0 Å². The molecular weight excluding hydrogens is 272 g/mol. The van der Waals surface area contributed by atoms with Gasteiger partial charge in [0.1, 0.15) is 18.1 Å². The van der Waals surface area contributed by atoms with E-state index in [1.54, 1.807) is 30.5 Å². The molecule has 4 N–H and O–H groups in total. The summed E-state index contributed by atoms with van der Waals surface area (Å²) in [5.41, 5.74) is 6.70. The van der Waals surface area contributed by atoms with Crippen LogP contribution in [0.3, 0.4) is 0 Å². The molecule has 0 atom stereocenters. The highest BCUT2D eigenvalue weighted by molar-refractivity contribution is 5.90. The van der Waals surface area contributed by atoms with Crippen molar-refractivity contribution in [2.75, 3.05) is 17.7 Å². The maximum absolute atomic E-state index is 11.9. The number of aliphatic hydroxyl groups is 1. The minimum absolute atomic E-state index is 0.0683. The van der Waals surface area contributed by atoms with Crippen LogP contribution in [0.5, 0.6) is 5.75 Å². The van der Waals surface area contributed by atoms with Crippen LogP contribution in [0.4, 0.5) is 11.5 Å². The summed E-state index contributed by atoms with van der Waals surface area (Å²) in [5, 5.41) is 16.0. The number of nitrogens with zero attached hydrogens (tertiary/aromatic N) is 2. The number of carbonyl (C=O) groups is 1. The first kappa shape index (κ1) is 14.9. The molecule has 21 heavy (non-hydrogen) atoms. The van der Waals surface area contributed by atoms with Crippen molar-refractivity contribution in [3.8, 4) is 5.75 Å². The topological polar surface area (TPSA) is 102 Å². The highest BCUT2D eigenvalue weighted by Crippen LogP contribution is 2.23. The van der Waals surface area contributed by atoms with Crippen LogP contribution in [0.15, 0.2) is 30.5 Å². The number of hydrogen-bond acceptors (Lipinski definition) is 5. The van der Waals surface area contributed by atoms with Crippen molar-refractivity contribution < 1.29 is 14.6 Å². The Kier molecular flexibility index (Phi) is 4.78. The third-order valence-corrected chi connectivity index (χ3v) is 2.78. The number of nitrogens with one attached hydrogen (secondary N) is 1. The smallest absolute Gasteiger partial charge is 0.246 e. The van der Waals surface area contributed by atoms with Gasteiger partial charge in [0.2, 0.25) is 5.91 Å². The number of anilines is 2. The summed E-state index contributed by atoms with van der Waals surface area (Å²) >= 11 is 0. The van der Waals surface area contributed by atoms with Crippen molar-refractivity contribution in [2.24, 2.45) is 0 Å². The molecule has 0 radical (unpaired) electrons. The summed E-state index contributed by atoms with van der Waals surface area (Å²) in [6.45, 7) is 2.29. The second-order valence-corrected chi connectivity index (χ2v) is 4.40. The Morgan fingerprint density at radius 2 is 2.29 bits per heavy atom. The fraction of sp³-hybridized carbons (Fsp3) is 0.286. The highest BCUT2D eigenvalue weighted by Gasteiger charge is 2.08. The summed E-state index contributed by atoms with van der Waals surface area (Å²) in [6, 6.07) is 6.74. The molecule has 1 amide bonds. The first-order valence-corrected chi connectivity index (χ1v) is 6.57. The molecule has 112 valence electrons. The molecule has 7 heteroatoms. The Labute approximate surface area is 122 Å². The first-order chi connectivity index (χ1) is 10.1. The Morgan fingerprint density at radius 1 is 1.48 bits per heavy atom. The Balaban J connectivity index is 2.03. The van der Waals surface area contributed by atoms with Crippen molar-refractivity contribution in [1.29, 1.82) is 0 Å². The van der Waals surface area contributed by atoms with Gasteiger partial charge in [-0.15, -0.1) is 0 Å². The zero-order chi connectivity index (χ0) is 15.2. The monoisotopic (exact) mass is 290 g/mol. The van der Waals surface area contributed by atoms with E-state index < -0.39 is 0 Å². The predicted molar refractivity (Wildman–Crippen MR) is 78.8 cm³/mol. The number of benzene rings is 1. The molecule has 0 spiro atoms. The molecule has 0 bridgehead atoms. The predicted octanol–water partition coefficient (Wildman–Crippen LogP) is 0.995. The highest BCUT2D eigenvalue weighted by atomic mass is 16.5. The van der Waals surface area contributed by atoms with E-state index in [-0.39, 0.29) is 19.1 Å². The molecule has 0 fully saturated rings. The fourth-order valence-corrected chi connectivity index (χ4v) is 1.89. The van der Waals surface area contributed by atoms with E-state index in [2.05, 4.69) is 10.4 Å². The summed E-state index contributed by atoms with van der Waals surface area (Å²) in [7, 11) is 0. The van der Waals surface area contributed by atoms with E-state index in [0.717, 1.165) is 0 Å². The molecule has 1 aromatic carbocycles. The third-order valence-electron chi connectivity index (χ3n) is 2.78. The number of aliphatic hydroxyl groups excluding tert-OH is 1. The van der Waals surface area contributed by atoms with Crippen LogP contribution in [0, 0.1) is 0 Å². The minimum atomic E-state index is -0.230. The molecule has 2 aromatic rings. The minimum Gasteiger partial charge on any atom is -0.494 e. The number of hydrogen-bond donors (Lipinski definition) is 3. The van der Waals surface area contributed by atoms with E-state index in [9.17, 15) is 9.90 Å². The molecular formula is C14H18N4O3. The zero-order valence-electron chi connectivity index (χ0n) is 11.7. The SMILES string of the molecule is CCOc1ccc(NC(=O)Cn2ccc(N)n2)cc1CO. The molecule has 0 unspecified atom stereocenters. The van der Waals surface area contributed by atoms with Gasteiger partial charge in [-0.05, 0) is 31.2 Å². The van der Waals surface area contributed by atoms with E-state index in [4.69, 9.17) is 10.5 Å². The average molecular weight is 290 g/mol. The van der Waals surface area contributed by atoms with Gasteiger partial charge in [0.05, 0.1) is 13.2 Å². The summed E-state index contributed by atoms with van der Waals surface area (Å²) in [5.74, 6) is 0.746. The second-order valence-electron chi connectivity index (χ2n) is 4.40. The molecule has 1 aromatic heterocycles. The van der Waals surface area contributed by atoms with Crippen molar-refractivity contribution in [2.45, 2.75) is 20.1 Å². The lowest BCUT2D eigenvalue weighted by Crippen LogP contribution is -2.19. The molecule has 2 rings (SSSR count). The fourth-order valence-electron chi connectivity index (χ4n) is 1.89. The number of aromatic nitrogens is 2. The van der Waals surface area contributed by atoms with Gasteiger partial charge < -0.3 is 20.9 Å². The third kappa shape index (κ3) is 3.96. The van der Waals surface area contributed by atoms with Crippen molar-refractivity contribution in [1.82, 2.24) is 9.78 Å². The van der Waals surface area contributed by atoms with Gasteiger partial charge in [-0.3, -0.25) is 9.48 Å². The van der Waals surface area contributed by atoms with Gasteiger partial charge >= 0.3 is 0 Å². The lowest BCUT2D eigenvalue weighted by Gasteiger charge is -2.11. The maximum atomic E-state index is 11.9. The number of nitrogen functional groups attached to an aromatic ring is 1. The van der Waals surface area contributed by atoms with Crippen molar-refractivity contribution in [3.05, 3.63) is 36.0 Å². The zero-order valence-corrected chi connectivity index (χ0v) is 11.7. The Hall–Kier alpha value is -2.54. The second kappa shape index (κ2) is 6.76. The van der Waals surface area contributed by atoms with E-state index in [1.807, 2.05) is 6.92 Å². The Bertz CT molecular complexity index is 624. The van der Waals surface area contributed by atoms with Crippen LogP contribution in [0.1, 0.15) is 12.5 Å². The van der Waals surface area contributed by atoms with Crippen molar-refractivity contribution in [3.63, 3.8) is 0 Å². The van der Waals surface area contributed by atoms with Crippen LogP contribution >= 0.6 is 0 Å². The lowest BCUT2D eigenvalue weighted by molar-refractivity contribution is -0.116. The first-order valence-electron chi connectivity index (χ1n) is 6.57. The normalized spacial score (nSPS) is 10.4. The molecule has 0 saturated carbocycles. The van der Waals surface area contributed by atoms with Gasteiger partial charge in [0.15, 0.2) is 0 Å². The summed E-state index contributed by atoms with van der Waals surface area (Å²) < 4.78 is 6.84. The van der Waals surface area contributed by atoms with Gasteiger partial charge in [-0.1, -0.05) is 0 Å². The lowest BCUT2D eigenvalue weighted by atomic mass is 10.2. The molecule has 0 aliphatic carbocycles. The van der Waals surface area contributed by atoms with Gasteiger partial charge in [-0.2, -0.15) is 5.10 Å². The molecule has 7 nitrogen and oxygen atoms in total. The Morgan fingerprint density at radius 3 is 2.90 bits per heavy atom. The molecule has 0 saturated heterocycles. The quantitative estimate of drug-likeness (QED) is 0.736. The summed E-state index contributed by atoms with van der Waals surface area (Å²) in [6.07, 6.45) is 1.63. The van der Waals surface area contributed by atoms with E-state index in [1.165, 1.54) is 4.68 Å². The molecule has 1 heterocycles. The van der Waals surface area contributed by atoms with Gasteiger partial charge in [0.25, 0.3) is 0 Å². The van der Waals surface area contributed by atoms with Crippen molar-refractivity contribution >= 4 is 17.4 Å². The van der Waals surface area contributed by atoms with Crippen LogP contribution < -0.4 is 15.8 Å². The summed E-state index contributed by atoms with van der Waals surface area (Å²) in [4.78, 5) is 11.9. The average Bonchev–Trinajstić information content (AvgIpc) is 2.85. The maximum Gasteiger partial charge on any atom is 0.246 e. The molecule has 0 aliphatic rings. The number of rotatable bonds is 6. The van der Waals surface area contributed by atoms with E-state index in [0.29, 0.717) is 29.4 Å². The number of nitrogens with two attached hydrogens (primary N) is 1. The van der Waals surface area contributed by atoms with Gasteiger partial charge in [0, 0.05) is 17.4 Å². The largest absolute Gasteiger partial charge is 0.494 e. The number of carbonyl (C=O) groups excluding carboxylic acids is 1.